The largest absolute Gasteiger partial charge is 0.492 e. The SMILES string of the molecule is C[N+]1(C)C=NC=C(c2cccc3c2C[C@H](N)CO3)C1. The van der Waals surface area contributed by atoms with Crippen molar-refractivity contribution in [3.8, 4) is 5.75 Å². The topological polar surface area (TPSA) is 47.6 Å². The summed E-state index contributed by atoms with van der Waals surface area (Å²) in [5.41, 5.74) is 9.73. The Morgan fingerprint density at radius 3 is 3.00 bits per heavy atom. The van der Waals surface area contributed by atoms with Crippen LogP contribution in [0.25, 0.3) is 5.57 Å². The van der Waals surface area contributed by atoms with E-state index in [2.05, 4.69) is 25.2 Å². The average Bonchev–Trinajstić information content (AvgIpc) is 2.36. The number of nitrogens with zero attached hydrogens (tertiary/aromatic N) is 2. The van der Waals surface area contributed by atoms with Gasteiger partial charge in [0.15, 0.2) is 6.34 Å². The summed E-state index contributed by atoms with van der Waals surface area (Å²) < 4.78 is 6.49. The first-order valence-corrected chi connectivity index (χ1v) is 6.62. The minimum Gasteiger partial charge on any atom is -0.492 e. The molecule has 0 bridgehead atoms. The average molecular weight is 258 g/mol. The van der Waals surface area contributed by atoms with Crippen molar-refractivity contribution in [3.05, 3.63) is 35.5 Å². The molecule has 100 valence electrons. The van der Waals surface area contributed by atoms with Crippen LogP contribution in [0.2, 0.25) is 0 Å². The summed E-state index contributed by atoms with van der Waals surface area (Å²) in [7, 11) is 4.29. The highest BCUT2D eigenvalue weighted by Gasteiger charge is 2.25. The molecule has 0 saturated heterocycles. The first kappa shape index (κ1) is 12.4. The zero-order valence-corrected chi connectivity index (χ0v) is 11.5. The molecule has 0 radical (unpaired) electrons. The highest BCUT2D eigenvalue weighted by atomic mass is 16.5. The van der Waals surface area contributed by atoms with Gasteiger partial charge in [-0.05, 0) is 18.1 Å². The Morgan fingerprint density at radius 2 is 2.21 bits per heavy atom. The van der Waals surface area contributed by atoms with Crippen LogP contribution in [0.4, 0.5) is 0 Å². The lowest BCUT2D eigenvalue weighted by molar-refractivity contribution is -0.784. The van der Waals surface area contributed by atoms with Crippen molar-refractivity contribution in [2.24, 2.45) is 10.7 Å². The summed E-state index contributed by atoms with van der Waals surface area (Å²) >= 11 is 0. The molecule has 1 atom stereocenters. The molecule has 4 nitrogen and oxygen atoms in total. The molecule has 2 aliphatic rings. The first-order valence-electron chi connectivity index (χ1n) is 6.62. The lowest BCUT2D eigenvalue weighted by Crippen LogP contribution is -2.41. The molecule has 0 aromatic heterocycles. The second-order valence-corrected chi connectivity index (χ2v) is 5.91. The van der Waals surface area contributed by atoms with Gasteiger partial charge in [-0.2, -0.15) is 0 Å². The molecule has 2 heterocycles. The Morgan fingerprint density at radius 1 is 1.37 bits per heavy atom. The number of nitrogens with two attached hydrogens (primary N) is 1. The van der Waals surface area contributed by atoms with Crippen molar-refractivity contribution in [2.75, 3.05) is 27.2 Å². The van der Waals surface area contributed by atoms with Crippen molar-refractivity contribution in [3.63, 3.8) is 0 Å². The van der Waals surface area contributed by atoms with E-state index < -0.39 is 0 Å². The van der Waals surface area contributed by atoms with Gasteiger partial charge in [0.05, 0.1) is 14.1 Å². The van der Waals surface area contributed by atoms with Gasteiger partial charge in [0.25, 0.3) is 0 Å². The lowest BCUT2D eigenvalue weighted by Gasteiger charge is -2.30. The molecule has 2 aliphatic heterocycles. The number of fused-ring (bicyclic) bond motifs is 1. The van der Waals surface area contributed by atoms with Gasteiger partial charge in [-0.15, -0.1) is 0 Å². The second kappa shape index (κ2) is 4.47. The molecule has 1 aromatic rings. The minimum absolute atomic E-state index is 0.0869. The standard InChI is InChI=1S/C15H20N3O/c1-18(2)8-11(7-17-10-18)13-4-3-5-15-14(13)6-12(16)9-19-15/h3-5,7,10,12H,6,8-9,16H2,1-2H3/q+1/t12-/m0/s1. The third-order valence-electron chi connectivity index (χ3n) is 3.59. The summed E-state index contributed by atoms with van der Waals surface area (Å²) in [5, 5.41) is 0. The van der Waals surface area contributed by atoms with Crippen molar-refractivity contribution in [2.45, 2.75) is 12.5 Å². The zero-order valence-electron chi connectivity index (χ0n) is 11.5. The molecule has 0 unspecified atom stereocenters. The first-order chi connectivity index (χ1) is 9.05. The monoisotopic (exact) mass is 258 g/mol. The number of rotatable bonds is 1. The molecule has 0 saturated carbocycles. The fraction of sp³-hybridized carbons (Fsp3) is 0.400. The van der Waals surface area contributed by atoms with Crippen LogP contribution >= 0.6 is 0 Å². The summed E-state index contributed by atoms with van der Waals surface area (Å²) in [6.07, 6.45) is 4.79. The van der Waals surface area contributed by atoms with E-state index in [4.69, 9.17) is 10.5 Å². The van der Waals surface area contributed by atoms with Crippen molar-refractivity contribution >= 4 is 11.9 Å². The third-order valence-corrected chi connectivity index (χ3v) is 3.59. The highest BCUT2D eigenvalue weighted by molar-refractivity contribution is 5.74. The van der Waals surface area contributed by atoms with E-state index in [0.29, 0.717) is 6.61 Å². The molecule has 0 amide bonds. The fourth-order valence-corrected chi connectivity index (χ4v) is 2.71. The van der Waals surface area contributed by atoms with Gasteiger partial charge in [-0.25, -0.2) is 4.99 Å². The van der Waals surface area contributed by atoms with E-state index in [1.807, 2.05) is 24.7 Å². The Labute approximate surface area is 113 Å². The highest BCUT2D eigenvalue weighted by Crippen LogP contribution is 2.32. The summed E-state index contributed by atoms with van der Waals surface area (Å²) in [6, 6.07) is 6.30. The molecule has 1 aromatic carbocycles. The van der Waals surface area contributed by atoms with Gasteiger partial charge >= 0.3 is 0 Å². The van der Waals surface area contributed by atoms with E-state index in [1.54, 1.807) is 0 Å². The normalized spacial score (nSPS) is 24.4. The molecular weight excluding hydrogens is 238 g/mol. The van der Waals surface area contributed by atoms with Crippen LogP contribution in [-0.2, 0) is 6.42 Å². The van der Waals surface area contributed by atoms with Crippen LogP contribution in [0.1, 0.15) is 11.1 Å². The summed E-state index contributed by atoms with van der Waals surface area (Å²) in [6.45, 7) is 1.55. The van der Waals surface area contributed by atoms with Crippen LogP contribution in [0.3, 0.4) is 0 Å². The Kier molecular flexibility index (Phi) is 2.92. The molecule has 2 N–H and O–H groups in total. The number of quaternary nitrogens is 1. The van der Waals surface area contributed by atoms with E-state index in [-0.39, 0.29) is 6.04 Å². The van der Waals surface area contributed by atoms with E-state index in [0.717, 1.165) is 23.2 Å². The molecule has 0 fully saturated rings. The van der Waals surface area contributed by atoms with Crippen LogP contribution in [0.15, 0.2) is 29.4 Å². The van der Waals surface area contributed by atoms with Gasteiger partial charge in [0.2, 0.25) is 0 Å². The van der Waals surface area contributed by atoms with Crippen molar-refractivity contribution in [1.82, 2.24) is 0 Å². The van der Waals surface area contributed by atoms with Gasteiger partial charge in [-0.1, -0.05) is 12.1 Å². The Bertz CT molecular complexity index is 561. The predicted octanol–water partition coefficient (Wildman–Crippen LogP) is 1.41. The van der Waals surface area contributed by atoms with Gasteiger partial charge in [0.1, 0.15) is 18.9 Å². The Hall–Kier alpha value is -1.65. The number of aliphatic imine (C=N–C) groups is 1. The van der Waals surface area contributed by atoms with Crippen molar-refractivity contribution < 1.29 is 9.22 Å². The minimum atomic E-state index is 0.0869. The quantitative estimate of drug-likeness (QED) is 0.774. The molecule has 0 aliphatic carbocycles. The van der Waals surface area contributed by atoms with Crippen LogP contribution in [0, 0.1) is 0 Å². The fourth-order valence-electron chi connectivity index (χ4n) is 2.71. The van der Waals surface area contributed by atoms with Crippen LogP contribution < -0.4 is 10.5 Å². The smallest absolute Gasteiger partial charge is 0.189 e. The predicted molar refractivity (Wildman–Crippen MR) is 77.1 cm³/mol. The van der Waals surface area contributed by atoms with E-state index in [9.17, 15) is 0 Å². The van der Waals surface area contributed by atoms with Crippen LogP contribution in [-0.4, -0.2) is 44.1 Å². The number of likely N-dealkylation sites (N-methyl/N-ethyl adjacent to an activating group) is 1. The molecular formula is C15H20N3O+. The van der Waals surface area contributed by atoms with Gasteiger partial charge < -0.3 is 10.5 Å². The number of ether oxygens (including phenoxy) is 1. The zero-order chi connectivity index (χ0) is 13.5. The van der Waals surface area contributed by atoms with E-state index >= 15 is 0 Å². The van der Waals surface area contributed by atoms with Gasteiger partial charge in [0, 0.05) is 23.4 Å². The van der Waals surface area contributed by atoms with Gasteiger partial charge in [-0.3, -0.25) is 4.48 Å². The summed E-state index contributed by atoms with van der Waals surface area (Å²) in [4.78, 5) is 4.37. The number of hydrogen-bond donors (Lipinski definition) is 1. The maximum atomic E-state index is 6.02. The summed E-state index contributed by atoms with van der Waals surface area (Å²) in [5.74, 6) is 0.972. The lowest BCUT2D eigenvalue weighted by atomic mass is 9.92. The molecule has 4 heteroatoms. The van der Waals surface area contributed by atoms with Crippen LogP contribution in [0.5, 0.6) is 5.75 Å². The number of benzene rings is 1. The molecule has 3 rings (SSSR count). The molecule has 0 spiro atoms. The number of hydrogen-bond acceptors (Lipinski definition) is 3. The maximum absolute atomic E-state index is 6.02. The third kappa shape index (κ3) is 2.41. The van der Waals surface area contributed by atoms with Crippen molar-refractivity contribution in [1.29, 1.82) is 0 Å². The van der Waals surface area contributed by atoms with E-state index in [1.165, 1.54) is 16.7 Å². The second-order valence-electron chi connectivity index (χ2n) is 5.91. The Balaban J connectivity index is 2.02. The maximum Gasteiger partial charge on any atom is 0.189 e. The molecule has 19 heavy (non-hydrogen) atoms.